The summed E-state index contributed by atoms with van der Waals surface area (Å²) in [5.41, 5.74) is 0.735. The van der Waals surface area contributed by atoms with E-state index < -0.39 is 17.6 Å². The molecular weight excluding hydrogens is 371 g/mol. The van der Waals surface area contributed by atoms with Crippen molar-refractivity contribution in [3.8, 4) is 11.5 Å². The second-order valence-electron chi connectivity index (χ2n) is 5.54. The third-order valence-electron chi connectivity index (χ3n) is 3.93. The number of halogens is 1. The van der Waals surface area contributed by atoms with Crippen LogP contribution in [0.15, 0.2) is 48.0 Å². The maximum Gasteiger partial charge on any atom is 0.270 e. The number of carbonyl (C=O) groups excluding carboxylic acids is 2. The standard InChI is InChI=1S/C19H15FN2O4S/c1-25-14-8-3-11(16(10-14)26-2)9-15-17(23)21-19(27)22(18(15)24)13-6-4-12(20)5-7-13/h3-10H,1-2H3,(H,21,23,27)/b15-9-. The van der Waals surface area contributed by atoms with Gasteiger partial charge in [-0.15, -0.1) is 0 Å². The van der Waals surface area contributed by atoms with Crippen LogP contribution < -0.4 is 19.7 Å². The summed E-state index contributed by atoms with van der Waals surface area (Å²) >= 11 is 5.11. The smallest absolute Gasteiger partial charge is 0.270 e. The van der Waals surface area contributed by atoms with Crippen molar-refractivity contribution in [3.63, 3.8) is 0 Å². The number of nitrogens with one attached hydrogen (secondary N) is 1. The average molecular weight is 386 g/mol. The van der Waals surface area contributed by atoms with Crippen molar-refractivity contribution in [3.05, 3.63) is 59.4 Å². The first kappa shape index (κ1) is 18.5. The van der Waals surface area contributed by atoms with E-state index in [9.17, 15) is 14.0 Å². The van der Waals surface area contributed by atoms with Crippen LogP contribution in [0, 0.1) is 5.82 Å². The molecular formula is C19H15FN2O4S. The van der Waals surface area contributed by atoms with E-state index in [0.717, 1.165) is 4.90 Å². The fourth-order valence-corrected chi connectivity index (χ4v) is 2.86. The second kappa shape index (κ2) is 7.55. The fraction of sp³-hybridized carbons (Fsp3) is 0.105. The van der Waals surface area contributed by atoms with E-state index in [0.29, 0.717) is 22.7 Å². The van der Waals surface area contributed by atoms with Crippen molar-refractivity contribution in [1.29, 1.82) is 0 Å². The van der Waals surface area contributed by atoms with Crippen molar-refractivity contribution in [2.75, 3.05) is 19.1 Å². The molecule has 0 aromatic heterocycles. The number of hydrogen-bond acceptors (Lipinski definition) is 5. The molecule has 27 heavy (non-hydrogen) atoms. The number of amides is 2. The first-order chi connectivity index (χ1) is 12.9. The highest BCUT2D eigenvalue weighted by molar-refractivity contribution is 7.80. The molecule has 1 fully saturated rings. The quantitative estimate of drug-likeness (QED) is 0.497. The van der Waals surface area contributed by atoms with Crippen molar-refractivity contribution >= 4 is 40.9 Å². The Morgan fingerprint density at radius 3 is 2.41 bits per heavy atom. The molecule has 1 aliphatic rings. The maximum atomic E-state index is 13.2. The molecule has 1 aliphatic heterocycles. The van der Waals surface area contributed by atoms with Gasteiger partial charge in [-0.1, -0.05) is 0 Å². The van der Waals surface area contributed by atoms with E-state index >= 15 is 0 Å². The van der Waals surface area contributed by atoms with Crippen LogP contribution in [0.3, 0.4) is 0 Å². The molecule has 0 unspecified atom stereocenters. The summed E-state index contributed by atoms with van der Waals surface area (Å²) < 4.78 is 23.6. The molecule has 0 saturated carbocycles. The Bertz CT molecular complexity index is 957. The van der Waals surface area contributed by atoms with Crippen molar-refractivity contribution in [1.82, 2.24) is 5.32 Å². The van der Waals surface area contributed by atoms with Gasteiger partial charge in [0.1, 0.15) is 22.9 Å². The van der Waals surface area contributed by atoms with Gasteiger partial charge >= 0.3 is 0 Å². The summed E-state index contributed by atoms with van der Waals surface area (Å²) in [6.07, 6.45) is 1.41. The van der Waals surface area contributed by atoms with Gasteiger partial charge in [0.2, 0.25) is 0 Å². The fourth-order valence-electron chi connectivity index (χ4n) is 2.58. The number of carbonyl (C=O) groups is 2. The number of anilines is 1. The lowest BCUT2D eigenvalue weighted by atomic mass is 10.1. The van der Waals surface area contributed by atoms with Crippen molar-refractivity contribution < 1.29 is 23.5 Å². The first-order valence-electron chi connectivity index (χ1n) is 7.83. The normalized spacial score (nSPS) is 15.7. The minimum absolute atomic E-state index is 0.0737. The monoisotopic (exact) mass is 386 g/mol. The van der Waals surface area contributed by atoms with Gasteiger partial charge in [0.05, 0.1) is 19.9 Å². The number of thiocarbonyl (C=S) groups is 1. The van der Waals surface area contributed by atoms with Gasteiger partial charge in [-0.2, -0.15) is 0 Å². The lowest BCUT2D eigenvalue weighted by Gasteiger charge is -2.29. The SMILES string of the molecule is COc1ccc(/C=C2/C(=O)NC(=S)N(c3ccc(F)cc3)C2=O)c(OC)c1. The summed E-state index contributed by atoms with van der Waals surface area (Å²) in [5, 5.41) is 2.40. The largest absolute Gasteiger partial charge is 0.497 e. The van der Waals surface area contributed by atoms with Crippen LogP contribution >= 0.6 is 12.2 Å². The van der Waals surface area contributed by atoms with Crippen LogP contribution in [0.1, 0.15) is 5.56 Å². The van der Waals surface area contributed by atoms with Crippen LogP contribution in [0.2, 0.25) is 0 Å². The number of ether oxygens (including phenoxy) is 2. The highest BCUT2D eigenvalue weighted by Gasteiger charge is 2.34. The predicted molar refractivity (Wildman–Crippen MR) is 102 cm³/mol. The number of methoxy groups -OCH3 is 2. The predicted octanol–water partition coefficient (Wildman–Crippen LogP) is 2.67. The Hall–Kier alpha value is -3.26. The summed E-state index contributed by atoms with van der Waals surface area (Å²) in [6.45, 7) is 0. The van der Waals surface area contributed by atoms with E-state index in [4.69, 9.17) is 21.7 Å². The minimum Gasteiger partial charge on any atom is -0.497 e. The molecule has 1 heterocycles. The van der Waals surface area contributed by atoms with E-state index in [-0.39, 0.29) is 10.7 Å². The molecule has 3 rings (SSSR count). The molecule has 8 heteroatoms. The third-order valence-corrected chi connectivity index (χ3v) is 4.21. The molecule has 6 nitrogen and oxygen atoms in total. The van der Waals surface area contributed by atoms with Gasteiger partial charge in [0, 0.05) is 11.6 Å². The third kappa shape index (κ3) is 3.65. The molecule has 0 radical (unpaired) electrons. The molecule has 2 aromatic carbocycles. The molecule has 0 aliphatic carbocycles. The summed E-state index contributed by atoms with van der Waals surface area (Å²) in [5.74, 6) is -0.683. The Morgan fingerprint density at radius 1 is 1.07 bits per heavy atom. The van der Waals surface area contributed by atoms with Crippen molar-refractivity contribution in [2.45, 2.75) is 0 Å². The Morgan fingerprint density at radius 2 is 1.78 bits per heavy atom. The Kier molecular flexibility index (Phi) is 5.18. The van der Waals surface area contributed by atoms with Crippen LogP contribution in [-0.4, -0.2) is 31.1 Å². The van der Waals surface area contributed by atoms with Crippen LogP contribution in [0.5, 0.6) is 11.5 Å². The maximum absolute atomic E-state index is 13.2. The first-order valence-corrected chi connectivity index (χ1v) is 8.24. The Labute approximate surface area is 160 Å². The summed E-state index contributed by atoms with van der Waals surface area (Å²) in [6, 6.07) is 10.2. The van der Waals surface area contributed by atoms with Crippen LogP contribution in [0.4, 0.5) is 10.1 Å². The zero-order valence-corrected chi connectivity index (χ0v) is 15.3. The van der Waals surface area contributed by atoms with Gasteiger partial charge < -0.3 is 9.47 Å². The van der Waals surface area contributed by atoms with E-state index in [1.165, 1.54) is 44.6 Å². The van der Waals surface area contributed by atoms with Crippen LogP contribution in [-0.2, 0) is 9.59 Å². The number of hydrogen-bond donors (Lipinski definition) is 1. The zero-order valence-electron chi connectivity index (χ0n) is 14.5. The molecule has 2 aromatic rings. The van der Waals surface area contributed by atoms with E-state index in [2.05, 4.69) is 5.32 Å². The Balaban J connectivity index is 2.03. The molecule has 138 valence electrons. The van der Waals surface area contributed by atoms with Crippen molar-refractivity contribution in [2.24, 2.45) is 0 Å². The highest BCUT2D eigenvalue weighted by Crippen LogP contribution is 2.28. The summed E-state index contributed by atoms with van der Waals surface area (Å²) in [7, 11) is 2.99. The highest BCUT2D eigenvalue weighted by atomic mass is 32.1. The number of nitrogens with zero attached hydrogens (tertiary/aromatic N) is 1. The van der Waals surface area contributed by atoms with E-state index in [1.807, 2.05) is 0 Å². The molecule has 0 spiro atoms. The van der Waals surface area contributed by atoms with Gasteiger partial charge in [0.25, 0.3) is 11.8 Å². The average Bonchev–Trinajstić information content (AvgIpc) is 2.66. The van der Waals surface area contributed by atoms with Gasteiger partial charge in [-0.25, -0.2) is 4.39 Å². The molecule has 1 N–H and O–H groups in total. The van der Waals surface area contributed by atoms with Crippen LogP contribution in [0.25, 0.3) is 6.08 Å². The van der Waals surface area contributed by atoms with Gasteiger partial charge in [-0.05, 0) is 54.7 Å². The zero-order chi connectivity index (χ0) is 19.6. The lowest BCUT2D eigenvalue weighted by Crippen LogP contribution is -2.54. The van der Waals surface area contributed by atoms with Gasteiger partial charge in [-0.3, -0.25) is 19.8 Å². The molecule has 0 bridgehead atoms. The summed E-state index contributed by atoms with van der Waals surface area (Å²) in [4.78, 5) is 26.4. The topological polar surface area (TPSA) is 67.9 Å². The number of benzene rings is 2. The molecule has 0 atom stereocenters. The van der Waals surface area contributed by atoms with Gasteiger partial charge in [0.15, 0.2) is 5.11 Å². The lowest BCUT2D eigenvalue weighted by molar-refractivity contribution is -0.122. The second-order valence-corrected chi connectivity index (χ2v) is 5.93. The molecule has 1 saturated heterocycles. The number of rotatable bonds is 4. The van der Waals surface area contributed by atoms with E-state index in [1.54, 1.807) is 18.2 Å². The minimum atomic E-state index is -0.624. The molecule has 2 amide bonds.